The number of pyridine rings is 1. The van der Waals surface area contributed by atoms with E-state index in [1.54, 1.807) is 7.11 Å². The van der Waals surface area contributed by atoms with E-state index in [2.05, 4.69) is 0 Å². The Morgan fingerprint density at radius 3 is 2.70 bits per heavy atom. The van der Waals surface area contributed by atoms with Gasteiger partial charge in [-0.2, -0.15) is 0 Å². The molecule has 2 aromatic carbocycles. The van der Waals surface area contributed by atoms with Gasteiger partial charge >= 0.3 is 0 Å². The van der Waals surface area contributed by atoms with E-state index in [0.717, 1.165) is 47.4 Å². The van der Waals surface area contributed by atoms with Crippen molar-refractivity contribution in [1.82, 2.24) is 9.88 Å². The third-order valence-electron chi connectivity index (χ3n) is 5.24. The molecule has 1 atom stereocenters. The number of amides is 1. The van der Waals surface area contributed by atoms with Crippen molar-refractivity contribution in [3.63, 3.8) is 0 Å². The lowest BCUT2D eigenvalue weighted by molar-refractivity contribution is 0.0789. The van der Waals surface area contributed by atoms with Gasteiger partial charge in [0, 0.05) is 24.0 Å². The molecule has 0 spiro atoms. The van der Waals surface area contributed by atoms with Gasteiger partial charge in [0.2, 0.25) is 0 Å². The number of nitrogens with zero attached hydrogens (tertiary/aromatic N) is 2. The lowest BCUT2D eigenvalue weighted by Gasteiger charge is -2.18. The number of nitrogens with two attached hydrogens (primary N) is 1. The van der Waals surface area contributed by atoms with E-state index in [-0.39, 0.29) is 5.91 Å². The highest BCUT2D eigenvalue weighted by Crippen LogP contribution is 2.28. The molecular weight excluding hydrogens is 338 g/mol. The first-order chi connectivity index (χ1) is 13.2. The topological polar surface area (TPSA) is 68.5 Å². The molecule has 4 rings (SSSR count). The normalized spacial score (nSPS) is 16.7. The van der Waals surface area contributed by atoms with Crippen molar-refractivity contribution in [2.75, 3.05) is 26.7 Å². The van der Waals surface area contributed by atoms with E-state index < -0.39 is 0 Å². The number of benzene rings is 2. The maximum absolute atomic E-state index is 13.2. The minimum atomic E-state index is 0.0549. The second-order valence-corrected chi connectivity index (χ2v) is 6.94. The summed E-state index contributed by atoms with van der Waals surface area (Å²) in [6.45, 7) is 2.11. The zero-order chi connectivity index (χ0) is 18.8. The maximum Gasteiger partial charge on any atom is 0.254 e. The van der Waals surface area contributed by atoms with Gasteiger partial charge in [0.25, 0.3) is 5.91 Å². The fourth-order valence-electron chi connectivity index (χ4n) is 3.64. The van der Waals surface area contributed by atoms with Gasteiger partial charge in [-0.1, -0.05) is 18.2 Å². The van der Waals surface area contributed by atoms with E-state index in [4.69, 9.17) is 15.5 Å². The van der Waals surface area contributed by atoms with Crippen LogP contribution in [-0.4, -0.2) is 42.5 Å². The van der Waals surface area contributed by atoms with Gasteiger partial charge in [0.1, 0.15) is 5.75 Å². The number of carbonyl (C=O) groups excluding carboxylic acids is 1. The van der Waals surface area contributed by atoms with E-state index >= 15 is 0 Å². The van der Waals surface area contributed by atoms with E-state index in [1.807, 2.05) is 59.5 Å². The van der Waals surface area contributed by atoms with E-state index in [0.29, 0.717) is 18.0 Å². The summed E-state index contributed by atoms with van der Waals surface area (Å²) >= 11 is 0. The molecule has 0 aliphatic carbocycles. The van der Waals surface area contributed by atoms with Crippen LogP contribution in [0.25, 0.3) is 22.2 Å². The Morgan fingerprint density at radius 1 is 1.22 bits per heavy atom. The minimum Gasteiger partial charge on any atom is -0.497 e. The zero-order valence-electron chi connectivity index (χ0n) is 15.4. The van der Waals surface area contributed by atoms with Crippen LogP contribution in [-0.2, 0) is 0 Å². The number of ether oxygens (including phenoxy) is 1. The summed E-state index contributed by atoms with van der Waals surface area (Å²) in [6.07, 6.45) is 0.969. The summed E-state index contributed by atoms with van der Waals surface area (Å²) < 4.78 is 5.23. The van der Waals surface area contributed by atoms with E-state index in [1.165, 1.54) is 0 Å². The van der Waals surface area contributed by atoms with Crippen LogP contribution in [0.3, 0.4) is 0 Å². The second kappa shape index (κ2) is 7.37. The van der Waals surface area contributed by atoms with Crippen LogP contribution >= 0.6 is 0 Å². The largest absolute Gasteiger partial charge is 0.497 e. The van der Waals surface area contributed by atoms with Crippen molar-refractivity contribution >= 4 is 16.8 Å². The number of likely N-dealkylation sites (tertiary alicyclic amines) is 1. The maximum atomic E-state index is 13.2. The first-order valence-corrected chi connectivity index (χ1v) is 9.23. The Hall–Kier alpha value is -2.92. The zero-order valence-corrected chi connectivity index (χ0v) is 15.4. The van der Waals surface area contributed by atoms with Crippen LogP contribution in [0.4, 0.5) is 0 Å². The summed E-state index contributed by atoms with van der Waals surface area (Å²) in [5.41, 5.74) is 9.05. The molecule has 1 saturated heterocycles. The highest BCUT2D eigenvalue weighted by molar-refractivity contribution is 6.07. The van der Waals surface area contributed by atoms with Crippen LogP contribution < -0.4 is 10.5 Å². The van der Waals surface area contributed by atoms with Gasteiger partial charge in [0.15, 0.2) is 0 Å². The molecule has 3 aromatic rings. The Bertz CT molecular complexity index is 969. The van der Waals surface area contributed by atoms with Crippen molar-refractivity contribution in [3.05, 3.63) is 60.2 Å². The number of methoxy groups -OCH3 is 1. The molecule has 5 nitrogen and oxygen atoms in total. The molecule has 0 saturated carbocycles. The predicted molar refractivity (Wildman–Crippen MR) is 107 cm³/mol. The minimum absolute atomic E-state index is 0.0549. The van der Waals surface area contributed by atoms with E-state index in [9.17, 15) is 4.79 Å². The number of para-hydroxylation sites is 1. The highest BCUT2D eigenvalue weighted by atomic mass is 16.5. The second-order valence-electron chi connectivity index (χ2n) is 6.94. The number of rotatable bonds is 4. The molecule has 2 heterocycles. The van der Waals surface area contributed by atoms with Gasteiger partial charge in [-0.3, -0.25) is 4.79 Å². The molecule has 5 heteroatoms. The van der Waals surface area contributed by atoms with Gasteiger partial charge < -0.3 is 15.4 Å². The third kappa shape index (κ3) is 3.38. The molecule has 27 heavy (non-hydrogen) atoms. The molecule has 138 valence electrons. The molecule has 1 aromatic heterocycles. The van der Waals surface area contributed by atoms with Crippen molar-refractivity contribution in [3.8, 4) is 17.0 Å². The molecule has 1 unspecified atom stereocenters. The summed E-state index contributed by atoms with van der Waals surface area (Å²) in [4.78, 5) is 19.9. The smallest absolute Gasteiger partial charge is 0.254 e. The Kier molecular flexibility index (Phi) is 4.77. The Morgan fingerprint density at radius 2 is 2.00 bits per heavy atom. The Balaban J connectivity index is 1.77. The number of aromatic nitrogens is 1. The molecule has 1 aliphatic rings. The van der Waals surface area contributed by atoms with Gasteiger partial charge in [0.05, 0.1) is 23.9 Å². The van der Waals surface area contributed by atoms with Crippen molar-refractivity contribution in [2.45, 2.75) is 6.42 Å². The lowest BCUT2D eigenvalue weighted by Crippen LogP contribution is -2.30. The summed E-state index contributed by atoms with van der Waals surface area (Å²) in [7, 11) is 1.64. The third-order valence-corrected chi connectivity index (χ3v) is 5.24. The summed E-state index contributed by atoms with van der Waals surface area (Å²) in [6, 6.07) is 17.4. The van der Waals surface area contributed by atoms with Crippen LogP contribution in [0.15, 0.2) is 54.6 Å². The van der Waals surface area contributed by atoms with Gasteiger partial charge in [-0.25, -0.2) is 4.98 Å². The number of hydrogen-bond donors (Lipinski definition) is 1. The molecule has 2 N–H and O–H groups in total. The molecule has 1 amide bonds. The first kappa shape index (κ1) is 17.5. The first-order valence-electron chi connectivity index (χ1n) is 9.23. The highest BCUT2D eigenvalue weighted by Gasteiger charge is 2.27. The number of carbonyl (C=O) groups is 1. The van der Waals surface area contributed by atoms with Crippen LogP contribution in [0.2, 0.25) is 0 Å². The summed E-state index contributed by atoms with van der Waals surface area (Å²) in [5.74, 6) is 1.24. The average molecular weight is 361 g/mol. The predicted octanol–water partition coefficient (Wildman–Crippen LogP) is 3.33. The van der Waals surface area contributed by atoms with Crippen molar-refractivity contribution in [1.29, 1.82) is 0 Å². The van der Waals surface area contributed by atoms with Gasteiger partial charge in [-0.15, -0.1) is 0 Å². The molecule has 0 bridgehead atoms. The van der Waals surface area contributed by atoms with Crippen LogP contribution in [0.1, 0.15) is 16.8 Å². The van der Waals surface area contributed by atoms with Crippen LogP contribution in [0.5, 0.6) is 5.75 Å². The molecule has 0 radical (unpaired) electrons. The fourth-order valence-corrected chi connectivity index (χ4v) is 3.64. The Labute approximate surface area is 158 Å². The van der Waals surface area contributed by atoms with Crippen molar-refractivity contribution < 1.29 is 9.53 Å². The molecule has 1 fully saturated rings. The average Bonchev–Trinajstić information content (AvgIpc) is 3.22. The standard InChI is InChI=1S/C22H23N3O2/c1-27-17-8-6-16(7-9-17)21-12-19(18-4-2-3-5-20(18)24-21)22(26)25-11-10-15(13-23)14-25/h2-9,12,15H,10-11,13-14,23H2,1H3. The number of fused-ring (bicyclic) bond motifs is 1. The van der Waals surface area contributed by atoms with Crippen molar-refractivity contribution in [2.24, 2.45) is 11.7 Å². The summed E-state index contributed by atoms with van der Waals surface area (Å²) in [5, 5.41) is 0.885. The fraction of sp³-hybridized carbons (Fsp3) is 0.273. The van der Waals surface area contributed by atoms with Crippen LogP contribution in [0, 0.1) is 5.92 Å². The monoisotopic (exact) mass is 361 g/mol. The quantitative estimate of drug-likeness (QED) is 0.774. The SMILES string of the molecule is COc1ccc(-c2cc(C(=O)N3CCC(CN)C3)c3ccccc3n2)cc1. The van der Waals surface area contributed by atoms with Gasteiger partial charge in [-0.05, 0) is 55.3 Å². The molecular formula is C22H23N3O2. The number of hydrogen-bond acceptors (Lipinski definition) is 4. The molecule has 1 aliphatic heterocycles. The lowest BCUT2D eigenvalue weighted by atomic mass is 10.0.